The van der Waals surface area contributed by atoms with Gasteiger partial charge in [-0.05, 0) is 24.1 Å². The third kappa shape index (κ3) is 3.26. The molecule has 1 fully saturated rings. The van der Waals surface area contributed by atoms with Gasteiger partial charge in [0.15, 0.2) is 0 Å². The number of nitrogens with one attached hydrogen (secondary N) is 1. The Morgan fingerprint density at radius 2 is 2.42 bits per heavy atom. The molecule has 1 amide bonds. The van der Waals surface area contributed by atoms with Gasteiger partial charge >= 0.3 is 0 Å². The van der Waals surface area contributed by atoms with Crippen molar-refractivity contribution in [2.45, 2.75) is 25.4 Å². The van der Waals surface area contributed by atoms with Crippen LogP contribution in [0.3, 0.4) is 0 Å². The van der Waals surface area contributed by atoms with E-state index in [1.807, 2.05) is 36.1 Å². The van der Waals surface area contributed by atoms with Crippen LogP contribution in [0.15, 0.2) is 24.3 Å². The topological polar surface area (TPSA) is 58.4 Å². The van der Waals surface area contributed by atoms with Gasteiger partial charge in [-0.3, -0.25) is 4.79 Å². The molecule has 3 N–H and O–H groups in total. The molecule has 1 heterocycles. The van der Waals surface area contributed by atoms with Crippen LogP contribution in [0.4, 0.5) is 0 Å². The molecule has 0 aromatic heterocycles. The van der Waals surface area contributed by atoms with Crippen LogP contribution in [0.1, 0.15) is 24.9 Å². The lowest BCUT2D eigenvalue weighted by Gasteiger charge is -2.38. The standard InChI is InChI=1S/C14H20ClN3O/c1-2-12(16)14(19)18-7-6-17-9-13(18)10-4-3-5-11(15)8-10/h3-5,8,12-13,17H,2,6-7,9,16H2,1H3/t12-,13?/m0/s1. The Labute approximate surface area is 118 Å². The molecule has 2 rings (SSSR count). The predicted octanol–water partition coefficient (Wildman–Crippen LogP) is 1.55. The highest BCUT2D eigenvalue weighted by Crippen LogP contribution is 2.25. The number of hydrogen-bond acceptors (Lipinski definition) is 3. The SMILES string of the molecule is CC[C@H](N)C(=O)N1CCNCC1c1cccc(Cl)c1. The number of benzene rings is 1. The van der Waals surface area contributed by atoms with Crippen molar-refractivity contribution in [3.63, 3.8) is 0 Å². The first-order chi connectivity index (χ1) is 9.13. The van der Waals surface area contributed by atoms with E-state index in [-0.39, 0.29) is 11.9 Å². The fourth-order valence-corrected chi connectivity index (χ4v) is 2.57. The molecule has 0 aliphatic carbocycles. The number of nitrogens with zero attached hydrogens (tertiary/aromatic N) is 1. The minimum atomic E-state index is -0.417. The zero-order valence-corrected chi connectivity index (χ0v) is 11.9. The molecule has 1 aliphatic rings. The van der Waals surface area contributed by atoms with E-state index >= 15 is 0 Å². The summed E-state index contributed by atoms with van der Waals surface area (Å²) in [7, 11) is 0. The number of hydrogen-bond donors (Lipinski definition) is 2. The van der Waals surface area contributed by atoms with Crippen molar-refractivity contribution in [3.05, 3.63) is 34.9 Å². The second-order valence-electron chi connectivity index (χ2n) is 4.82. The molecule has 1 aromatic carbocycles. The quantitative estimate of drug-likeness (QED) is 0.884. The fourth-order valence-electron chi connectivity index (χ4n) is 2.37. The Morgan fingerprint density at radius 3 is 3.11 bits per heavy atom. The highest BCUT2D eigenvalue weighted by molar-refractivity contribution is 6.30. The molecule has 0 radical (unpaired) electrons. The summed E-state index contributed by atoms with van der Waals surface area (Å²) in [6.07, 6.45) is 0.658. The van der Waals surface area contributed by atoms with E-state index in [0.29, 0.717) is 18.0 Å². The van der Waals surface area contributed by atoms with Crippen molar-refractivity contribution < 1.29 is 4.79 Å². The van der Waals surface area contributed by atoms with Gasteiger partial charge in [-0.1, -0.05) is 30.7 Å². The molecule has 1 unspecified atom stereocenters. The van der Waals surface area contributed by atoms with Gasteiger partial charge < -0.3 is 16.0 Å². The van der Waals surface area contributed by atoms with Crippen molar-refractivity contribution in [2.24, 2.45) is 5.73 Å². The second-order valence-corrected chi connectivity index (χ2v) is 5.26. The van der Waals surface area contributed by atoms with Crippen molar-refractivity contribution in [1.29, 1.82) is 0 Å². The number of carbonyl (C=O) groups excluding carboxylic acids is 1. The molecule has 104 valence electrons. The normalized spacial score (nSPS) is 21.2. The summed E-state index contributed by atoms with van der Waals surface area (Å²) in [5.74, 6) is 0.0222. The van der Waals surface area contributed by atoms with Crippen molar-refractivity contribution in [2.75, 3.05) is 19.6 Å². The first-order valence-corrected chi connectivity index (χ1v) is 7.03. The van der Waals surface area contributed by atoms with Crippen LogP contribution < -0.4 is 11.1 Å². The average molecular weight is 282 g/mol. The number of piperazine rings is 1. The minimum absolute atomic E-state index is 0.0116. The molecule has 0 saturated carbocycles. The molecular formula is C14H20ClN3O. The summed E-state index contributed by atoms with van der Waals surface area (Å²) >= 11 is 6.03. The van der Waals surface area contributed by atoms with Gasteiger partial charge in [0, 0.05) is 24.7 Å². The van der Waals surface area contributed by atoms with Crippen LogP contribution in [-0.4, -0.2) is 36.5 Å². The Morgan fingerprint density at radius 1 is 1.63 bits per heavy atom. The van der Waals surface area contributed by atoms with Gasteiger partial charge in [0.2, 0.25) is 5.91 Å². The summed E-state index contributed by atoms with van der Waals surface area (Å²) in [5.41, 5.74) is 6.93. The Kier molecular flexibility index (Phi) is 4.80. The lowest BCUT2D eigenvalue weighted by atomic mass is 10.0. The smallest absolute Gasteiger partial charge is 0.240 e. The number of halogens is 1. The molecule has 1 saturated heterocycles. The summed E-state index contributed by atoms with van der Waals surface area (Å²) in [6, 6.07) is 7.26. The van der Waals surface area contributed by atoms with E-state index < -0.39 is 6.04 Å². The first kappa shape index (κ1) is 14.3. The number of carbonyl (C=O) groups is 1. The highest BCUT2D eigenvalue weighted by Gasteiger charge is 2.30. The van der Waals surface area contributed by atoms with Crippen LogP contribution in [-0.2, 0) is 4.79 Å². The van der Waals surface area contributed by atoms with Gasteiger partial charge in [0.25, 0.3) is 0 Å². The fraction of sp³-hybridized carbons (Fsp3) is 0.500. The van der Waals surface area contributed by atoms with Gasteiger partial charge in [-0.15, -0.1) is 0 Å². The van der Waals surface area contributed by atoms with Crippen LogP contribution in [0.5, 0.6) is 0 Å². The van der Waals surface area contributed by atoms with Crippen LogP contribution in [0.2, 0.25) is 5.02 Å². The Balaban J connectivity index is 2.23. The second kappa shape index (κ2) is 6.37. The molecule has 4 nitrogen and oxygen atoms in total. The number of nitrogens with two attached hydrogens (primary N) is 1. The molecule has 5 heteroatoms. The van der Waals surface area contributed by atoms with E-state index in [4.69, 9.17) is 17.3 Å². The van der Waals surface area contributed by atoms with Crippen molar-refractivity contribution in [3.8, 4) is 0 Å². The maximum Gasteiger partial charge on any atom is 0.240 e. The molecule has 1 aromatic rings. The molecule has 0 bridgehead atoms. The Bertz CT molecular complexity index is 452. The minimum Gasteiger partial charge on any atom is -0.332 e. The monoisotopic (exact) mass is 281 g/mol. The van der Waals surface area contributed by atoms with E-state index in [1.165, 1.54) is 0 Å². The zero-order chi connectivity index (χ0) is 13.8. The molecule has 0 spiro atoms. The summed E-state index contributed by atoms with van der Waals surface area (Å²) in [4.78, 5) is 14.2. The maximum absolute atomic E-state index is 12.3. The van der Waals surface area contributed by atoms with Gasteiger partial charge in [0.1, 0.15) is 0 Å². The molecule has 19 heavy (non-hydrogen) atoms. The summed E-state index contributed by atoms with van der Waals surface area (Å²) < 4.78 is 0. The molecule has 2 atom stereocenters. The largest absolute Gasteiger partial charge is 0.332 e. The van der Waals surface area contributed by atoms with Crippen molar-refractivity contribution >= 4 is 17.5 Å². The predicted molar refractivity (Wildman–Crippen MR) is 77.0 cm³/mol. The lowest BCUT2D eigenvalue weighted by molar-refractivity contribution is -0.136. The average Bonchev–Trinajstić information content (AvgIpc) is 2.45. The molecular weight excluding hydrogens is 262 g/mol. The van der Waals surface area contributed by atoms with Crippen molar-refractivity contribution in [1.82, 2.24) is 10.2 Å². The van der Waals surface area contributed by atoms with Crippen LogP contribution >= 0.6 is 11.6 Å². The third-order valence-corrected chi connectivity index (χ3v) is 3.75. The van der Waals surface area contributed by atoms with Crippen LogP contribution in [0.25, 0.3) is 0 Å². The van der Waals surface area contributed by atoms with Crippen LogP contribution in [0, 0.1) is 0 Å². The zero-order valence-electron chi connectivity index (χ0n) is 11.1. The number of rotatable bonds is 3. The van der Waals surface area contributed by atoms with Gasteiger partial charge in [-0.25, -0.2) is 0 Å². The first-order valence-electron chi connectivity index (χ1n) is 6.65. The number of amides is 1. The molecule has 1 aliphatic heterocycles. The lowest BCUT2D eigenvalue weighted by Crippen LogP contribution is -2.53. The summed E-state index contributed by atoms with van der Waals surface area (Å²) in [6.45, 7) is 4.16. The van der Waals surface area contributed by atoms with E-state index in [1.54, 1.807) is 0 Å². The highest BCUT2D eigenvalue weighted by atomic mass is 35.5. The van der Waals surface area contributed by atoms with E-state index in [9.17, 15) is 4.79 Å². The van der Waals surface area contributed by atoms with E-state index in [2.05, 4.69) is 5.32 Å². The van der Waals surface area contributed by atoms with Gasteiger partial charge in [0.05, 0.1) is 12.1 Å². The summed E-state index contributed by atoms with van der Waals surface area (Å²) in [5, 5.41) is 4.01. The Hall–Kier alpha value is -1.10. The van der Waals surface area contributed by atoms with Gasteiger partial charge in [-0.2, -0.15) is 0 Å². The van der Waals surface area contributed by atoms with E-state index in [0.717, 1.165) is 18.7 Å². The third-order valence-electron chi connectivity index (χ3n) is 3.52. The maximum atomic E-state index is 12.3.